The van der Waals surface area contributed by atoms with Gasteiger partial charge in [-0.15, -0.1) is 0 Å². The first-order chi connectivity index (χ1) is 25.9. The molecule has 2 saturated heterocycles. The van der Waals surface area contributed by atoms with Crippen molar-refractivity contribution in [2.24, 2.45) is 0 Å². The summed E-state index contributed by atoms with van der Waals surface area (Å²) in [5, 5.41) is 23.2. The molecule has 0 radical (unpaired) electrons. The summed E-state index contributed by atoms with van der Waals surface area (Å²) in [6.45, 7) is 13.8. The first-order valence-corrected chi connectivity index (χ1v) is 18.9. The van der Waals surface area contributed by atoms with E-state index < -0.39 is 0 Å². The van der Waals surface area contributed by atoms with Gasteiger partial charge in [0.05, 0.1) is 36.5 Å². The average Bonchev–Trinajstić information content (AvgIpc) is 3.60. The molecule has 0 amide bonds. The topological polar surface area (TPSA) is 112 Å². The molecule has 3 heterocycles. The zero-order valence-corrected chi connectivity index (χ0v) is 31.5. The molecule has 2 aliphatic rings. The van der Waals surface area contributed by atoms with Gasteiger partial charge in [-0.05, 0) is 72.7 Å². The third kappa shape index (κ3) is 10.7. The Morgan fingerprint density at radius 1 is 0.887 bits per heavy atom. The minimum atomic E-state index is -0.199. The summed E-state index contributed by atoms with van der Waals surface area (Å²) >= 11 is 6.86. The molecular formula is C42H50ClN5O5. The van der Waals surface area contributed by atoms with Crippen molar-refractivity contribution in [2.75, 3.05) is 65.6 Å². The Morgan fingerprint density at radius 2 is 1.68 bits per heavy atom. The van der Waals surface area contributed by atoms with Crippen LogP contribution in [0.2, 0.25) is 5.02 Å². The summed E-state index contributed by atoms with van der Waals surface area (Å²) < 4.78 is 24.4. The van der Waals surface area contributed by atoms with Crippen molar-refractivity contribution in [1.29, 1.82) is 5.26 Å². The van der Waals surface area contributed by atoms with Crippen molar-refractivity contribution in [3.63, 3.8) is 0 Å². The quantitative estimate of drug-likeness (QED) is 0.120. The van der Waals surface area contributed by atoms with E-state index in [1.165, 1.54) is 6.20 Å². The normalized spacial score (nSPS) is 16.4. The highest BCUT2D eigenvalue weighted by Gasteiger charge is 2.20. The number of likely N-dealkylation sites (tertiary alicyclic amines) is 1. The predicted octanol–water partition coefficient (Wildman–Crippen LogP) is 6.31. The molecule has 1 aromatic heterocycles. The molecule has 4 aromatic rings. The number of nitriles is 1. The number of hydrogen-bond acceptors (Lipinski definition) is 10. The fourth-order valence-corrected chi connectivity index (χ4v) is 7.11. The molecule has 11 heteroatoms. The lowest BCUT2D eigenvalue weighted by Gasteiger charge is -2.26. The maximum Gasteiger partial charge on any atom is 0.142 e. The molecule has 0 aliphatic carbocycles. The van der Waals surface area contributed by atoms with Gasteiger partial charge in [-0.1, -0.05) is 41.9 Å². The van der Waals surface area contributed by atoms with Crippen molar-refractivity contribution >= 4 is 11.6 Å². The second kappa shape index (κ2) is 19.2. The first-order valence-electron chi connectivity index (χ1n) is 18.5. The molecule has 1 atom stereocenters. The number of morpholine rings is 1. The fraction of sp³-hybridized carbons (Fsp3) is 0.429. The van der Waals surface area contributed by atoms with E-state index in [4.69, 9.17) is 30.5 Å². The van der Waals surface area contributed by atoms with Gasteiger partial charge in [-0.3, -0.25) is 9.88 Å². The van der Waals surface area contributed by atoms with E-state index in [2.05, 4.69) is 64.3 Å². The molecule has 280 valence electrons. The third-order valence-electron chi connectivity index (χ3n) is 9.98. The minimum Gasteiger partial charge on any atom is -0.493 e. The summed E-state index contributed by atoms with van der Waals surface area (Å²) in [5.74, 6) is 2.07. The highest BCUT2D eigenvalue weighted by molar-refractivity contribution is 6.32. The third-order valence-corrected chi connectivity index (χ3v) is 10.3. The minimum absolute atomic E-state index is 0.199. The summed E-state index contributed by atoms with van der Waals surface area (Å²) in [6, 6.07) is 20.2. The van der Waals surface area contributed by atoms with Crippen LogP contribution in [-0.2, 0) is 24.5 Å². The molecule has 2 aliphatic heterocycles. The highest BCUT2D eigenvalue weighted by atomic mass is 35.5. The van der Waals surface area contributed by atoms with Gasteiger partial charge in [-0.25, -0.2) is 0 Å². The van der Waals surface area contributed by atoms with Crippen LogP contribution in [-0.4, -0.2) is 91.6 Å². The molecule has 2 N–H and O–H groups in total. The molecule has 53 heavy (non-hydrogen) atoms. The zero-order chi connectivity index (χ0) is 37.0. The van der Waals surface area contributed by atoms with Gasteiger partial charge in [0.15, 0.2) is 0 Å². The van der Waals surface area contributed by atoms with Gasteiger partial charge in [-0.2, -0.15) is 5.26 Å². The molecule has 1 unspecified atom stereocenters. The molecular weight excluding hydrogens is 690 g/mol. The number of nitrogens with one attached hydrogen (secondary N) is 1. The number of nitrogens with zero attached hydrogens (tertiary/aromatic N) is 4. The summed E-state index contributed by atoms with van der Waals surface area (Å²) in [5.41, 5.74) is 7.72. The van der Waals surface area contributed by atoms with Crippen molar-refractivity contribution in [3.05, 3.63) is 105 Å². The van der Waals surface area contributed by atoms with Crippen LogP contribution in [0.4, 0.5) is 0 Å². The number of pyridine rings is 1. The summed E-state index contributed by atoms with van der Waals surface area (Å²) in [4.78, 5) is 8.87. The van der Waals surface area contributed by atoms with Gasteiger partial charge in [0.2, 0.25) is 0 Å². The van der Waals surface area contributed by atoms with Gasteiger partial charge in [0.1, 0.15) is 36.5 Å². The van der Waals surface area contributed by atoms with Crippen molar-refractivity contribution in [3.8, 4) is 34.4 Å². The van der Waals surface area contributed by atoms with E-state index in [-0.39, 0.29) is 12.7 Å². The van der Waals surface area contributed by atoms with E-state index in [1.807, 2.05) is 24.3 Å². The molecule has 0 bridgehead atoms. The van der Waals surface area contributed by atoms with Crippen LogP contribution in [0, 0.1) is 25.2 Å². The SMILES string of the molecule is Cc1c(COc2cc(OCc3cncc(C#N)c3)c(CNCCN3CCOCC3)cc2Cl)cccc1-c1cccc(OCCCN2CCC(O)C2)c1C. The standard InChI is InChI=1S/C42H50ClN5O5/c1-30-34(6-3-7-37(30)38-8-4-9-40(31(38)2)51-17-5-12-48-13-10-36(49)27-48)29-53-42-22-41(52-28-33-20-32(23-44)24-46-25-33)35(21-39(42)43)26-45-11-14-47-15-18-50-19-16-47/h3-4,6-9,20-22,24-25,36,45,49H,5,10-19,26-29H2,1-2H3. The summed E-state index contributed by atoms with van der Waals surface area (Å²) in [7, 11) is 0. The molecule has 6 rings (SSSR count). The van der Waals surface area contributed by atoms with Gasteiger partial charge >= 0.3 is 0 Å². The Labute approximate surface area is 318 Å². The van der Waals surface area contributed by atoms with E-state index in [0.29, 0.717) is 41.8 Å². The van der Waals surface area contributed by atoms with Crippen LogP contribution in [0.3, 0.4) is 0 Å². The van der Waals surface area contributed by atoms with E-state index in [1.54, 1.807) is 12.3 Å². The van der Waals surface area contributed by atoms with Gasteiger partial charge < -0.3 is 34.3 Å². The molecule has 0 spiro atoms. The number of halogens is 1. The number of aliphatic hydroxyl groups excluding tert-OH is 1. The molecule has 2 fully saturated rings. The monoisotopic (exact) mass is 739 g/mol. The van der Waals surface area contributed by atoms with Crippen LogP contribution in [0.15, 0.2) is 67.0 Å². The zero-order valence-electron chi connectivity index (χ0n) is 30.8. The lowest BCUT2D eigenvalue weighted by Crippen LogP contribution is -2.40. The van der Waals surface area contributed by atoms with E-state index in [9.17, 15) is 10.4 Å². The Bertz CT molecular complexity index is 1860. The highest BCUT2D eigenvalue weighted by Crippen LogP contribution is 2.36. The lowest BCUT2D eigenvalue weighted by atomic mass is 9.93. The van der Waals surface area contributed by atoms with Gasteiger partial charge in [0, 0.05) is 81.9 Å². The first kappa shape index (κ1) is 38.5. The maximum atomic E-state index is 9.80. The maximum absolute atomic E-state index is 9.80. The molecule has 10 nitrogen and oxygen atoms in total. The van der Waals surface area contributed by atoms with Crippen LogP contribution >= 0.6 is 11.6 Å². The number of β-amino-alcohol motifs (C(OH)–C–C–N with tert-alkyl or cyclic N) is 1. The Hall–Kier alpha value is -4.21. The van der Waals surface area contributed by atoms with Crippen molar-refractivity contribution < 1.29 is 24.1 Å². The number of rotatable bonds is 17. The second-order valence-electron chi connectivity index (χ2n) is 13.8. The Balaban J connectivity index is 1.13. The van der Waals surface area contributed by atoms with Crippen molar-refractivity contribution in [2.45, 2.75) is 52.6 Å². The second-order valence-corrected chi connectivity index (χ2v) is 14.2. The van der Waals surface area contributed by atoms with Crippen LogP contribution in [0.5, 0.6) is 17.2 Å². The average molecular weight is 740 g/mol. The van der Waals surface area contributed by atoms with Crippen LogP contribution in [0.1, 0.15) is 46.2 Å². The number of aromatic nitrogens is 1. The van der Waals surface area contributed by atoms with E-state index >= 15 is 0 Å². The number of benzene rings is 3. The fourth-order valence-electron chi connectivity index (χ4n) is 6.87. The molecule has 0 saturated carbocycles. The summed E-state index contributed by atoms with van der Waals surface area (Å²) in [6.07, 6.45) is 4.81. The molecule has 3 aromatic carbocycles. The Morgan fingerprint density at radius 3 is 2.47 bits per heavy atom. The van der Waals surface area contributed by atoms with Crippen LogP contribution in [0.25, 0.3) is 11.1 Å². The smallest absolute Gasteiger partial charge is 0.142 e. The van der Waals surface area contributed by atoms with Gasteiger partial charge in [0.25, 0.3) is 0 Å². The lowest BCUT2D eigenvalue weighted by molar-refractivity contribution is 0.0384. The largest absolute Gasteiger partial charge is 0.493 e. The van der Waals surface area contributed by atoms with E-state index in [0.717, 1.165) is 117 Å². The Kier molecular flexibility index (Phi) is 14.0. The number of aliphatic hydroxyl groups is 1. The van der Waals surface area contributed by atoms with Crippen LogP contribution < -0.4 is 19.5 Å². The predicted molar refractivity (Wildman–Crippen MR) is 207 cm³/mol. The van der Waals surface area contributed by atoms with Crippen molar-refractivity contribution in [1.82, 2.24) is 20.1 Å². The number of ether oxygens (including phenoxy) is 4. The number of hydrogen-bond donors (Lipinski definition) is 2.